The molecule has 0 aromatic carbocycles. The number of hydrogen-bond donors (Lipinski definition) is 2. The van der Waals surface area contributed by atoms with Crippen LogP contribution in [-0.4, -0.2) is 22.9 Å². The molecule has 3 heteroatoms. The van der Waals surface area contributed by atoms with E-state index in [-0.39, 0.29) is 31.3 Å². The minimum atomic E-state index is -0.352. The van der Waals surface area contributed by atoms with Crippen molar-refractivity contribution < 1.29 is 28.8 Å². The summed E-state index contributed by atoms with van der Waals surface area (Å²) in [4.78, 5) is 0. The van der Waals surface area contributed by atoms with Crippen molar-refractivity contribution in [1.29, 1.82) is 0 Å². The quantitative estimate of drug-likeness (QED) is 0.556. The standard InChI is InChI=1S/C4H10O2.V/c1-4(6)2-3-5;/h4-6H,2-3H2,1H3;. The average Bonchev–Trinajstić information content (AvgIpc) is 1.35. The van der Waals surface area contributed by atoms with Crippen molar-refractivity contribution >= 4 is 0 Å². The van der Waals surface area contributed by atoms with Crippen molar-refractivity contribution in [3.63, 3.8) is 0 Å². The molecular weight excluding hydrogens is 131 g/mol. The van der Waals surface area contributed by atoms with E-state index in [4.69, 9.17) is 10.2 Å². The predicted octanol–water partition coefficient (Wildman–Crippen LogP) is -0.253. The van der Waals surface area contributed by atoms with Crippen LogP contribution >= 0.6 is 0 Å². The molecule has 2 nitrogen and oxygen atoms in total. The van der Waals surface area contributed by atoms with Crippen molar-refractivity contribution in [1.82, 2.24) is 0 Å². The summed E-state index contributed by atoms with van der Waals surface area (Å²) in [6.45, 7) is 1.73. The van der Waals surface area contributed by atoms with Crippen LogP contribution in [0.3, 0.4) is 0 Å². The van der Waals surface area contributed by atoms with Crippen molar-refractivity contribution in [2.75, 3.05) is 6.61 Å². The topological polar surface area (TPSA) is 40.5 Å². The SMILES string of the molecule is CC(O)CCO.[V]. The molecule has 7 heavy (non-hydrogen) atoms. The molecule has 0 bridgehead atoms. The van der Waals surface area contributed by atoms with Gasteiger partial charge in [-0.05, 0) is 13.3 Å². The molecule has 0 aliphatic carbocycles. The molecule has 0 saturated heterocycles. The Morgan fingerprint density at radius 2 is 2.00 bits per heavy atom. The summed E-state index contributed by atoms with van der Waals surface area (Å²) in [5.41, 5.74) is 0. The van der Waals surface area contributed by atoms with Gasteiger partial charge in [-0.3, -0.25) is 0 Å². The molecule has 0 heterocycles. The summed E-state index contributed by atoms with van der Waals surface area (Å²) in [6.07, 6.45) is 0.134. The molecule has 1 unspecified atom stereocenters. The smallest absolute Gasteiger partial charge is 0.0533 e. The molecule has 2 N–H and O–H groups in total. The molecule has 0 fully saturated rings. The predicted molar refractivity (Wildman–Crippen MR) is 23.4 cm³/mol. The van der Waals surface area contributed by atoms with E-state index in [1.54, 1.807) is 6.92 Å². The third-order valence-corrected chi connectivity index (χ3v) is 0.547. The van der Waals surface area contributed by atoms with Gasteiger partial charge in [-0.25, -0.2) is 0 Å². The van der Waals surface area contributed by atoms with Gasteiger partial charge in [0.1, 0.15) is 0 Å². The first-order chi connectivity index (χ1) is 2.77. The van der Waals surface area contributed by atoms with Crippen LogP contribution < -0.4 is 0 Å². The summed E-state index contributed by atoms with van der Waals surface area (Å²) in [6, 6.07) is 0. The maximum absolute atomic E-state index is 8.39. The summed E-state index contributed by atoms with van der Waals surface area (Å²) < 4.78 is 0. The fourth-order valence-electron chi connectivity index (χ4n) is 0.187. The molecule has 0 rings (SSSR count). The molecule has 43 valence electrons. The van der Waals surface area contributed by atoms with Gasteiger partial charge in [0.15, 0.2) is 0 Å². The van der Waals surface area contributed by atoms with E-state index in [1.807, 2.05) is 0 Å². The Morgan fingerprint density at radius 3 is 2.00 bits per heavy atom. The van der Waals surface area contributed by atoms with Gasteiger partial charge in [-0.2, -0.15) is 0 Å². The monoisotopic (exact) mass is 141 g/mol. The summed E-state index contributed by atoms with van der Waals surface area (Å²) in [5, 5.41) is 16.5. The molecule has 0 aromatic rings. The van der Waals surface area contributed by atoms with E-state index >= 15 is 0 Å². The third-order valence-electron chi connectivity index (χ3n) is 0.547. The number of aliphatic hydroxyl groups is 2. The summed E-state index contributed by atoms with van der Waals surface area (Å²) in [7, 11) is 0. The molecule has 0 saturated carbocycles. The normalized spacial score (nSPS) is 12.4. The van der Waals surface area contributed by atoms with Gasteiger partial charge in [0.25, 0.3) is 0 Å². The fraction of sp³-hybridized carbons (Fsp3) is 1.00. The number of aliphatic hydroxyl groups excluding tert-OH is 2. The van der Waals surface area contributed by atoms with Crippen LogP contribution in [0.2, 0.25) is 0 Å². The zero-order valence-corrected chi connectivity index (χ0v) is 5.73. The van der Waals surface area contributed by atoms with Crippen LogP contribution in [0.15, 0.2) is 0 Å². The molecule has 0 aromatic heterocycles. The Hall–Kier alpha value is 0.504. The van der Waals surface area contributed by atoms with Crippen molar-refractivity contribution in [2.45, 2.75) is 19.4 Å². The Labute approximate surface area is 55.4 Å². The Kier molecular flexibility index (Phi) is 9.74. The van der Waals surface area contributed by atoms with Gasteiger partial charge in [-0.15, -0.1) is 0 Å². The Morgan fingerprint density at radius 1 is 1.57 bits per heavy atom. The van der Waals surface area contributed by atoms with Crippen molar-refractivity contribution in [2.24, 2.45) is 0 Å². The van der Waals surface area contributed by atoms with Gasteiger partial charge < -0.3 is 10.2 Å². The van der Waals surface area contributed by atoms with E-state index in [2.05, 4.69) is 0 Å². The van der Waals surface area contributed by atoms with E-state index in [1.165, 1.54) is 0 Å². The molecular formula is C4H10O2V. The summed E-state index contributed by atoms with van der Waals surface area (Å²) in [5.74, 6) is 0. The van der Waals surface area contributed by atoms with Gasteiger partial charge in [0.05, 0.1) is 6.10 Å². The van der Waals surface area contributed by atoms with Crippen LogP contribution in [0.4, 0.5) is 0 Å². The zero-order valence-electron chi connectivity index (χ0n) is 4.33. The van der Waals surface area contributed by atoms with Crippen LogP contribution in [-0.2, 0) is 18.6 Å². The second kappa shape index (κ2) is 6.50. The van der Waals surface area contributed by atoms with Crippen molar-refractivity contribution in [3.8, 4) is 0 Å². The molecule has 1 radical (unpaired) electrons. The van der Waals surface area contributed by atoms with Crippen LogP contribution in [0.25, 0.3) is 0 Å². The zero-order chi connectivity index (χ0) is 4.99. The molecule has 0 aliphatic rings. The first-order valence-corrected chi connectivity index (χ1v) is 2.06. The molecule has 0 spiro atoms. The van der Waals surface area contributed by atoms with Crippen LogP contribution in [0.5, 0.6) is 0 Å². The Balaban J connectivity index is 0. The van der Waals surface area contributed by atoms with Crippen LogP contribution in [0.1, 0.15) is 13.3 Å². The fourth-order valence-corrected chi connectivity index (χ4v) is 0.187. The number of rotatable bonds is 2. The maximum Gasteiger partial charge on any atom is 0.0533 e. The van der Waals surface area contributed by atoms with Crippen LogP contribution in [0, 0.1) is 0 Å². The second-order valence-corrected chi connectivity index (χ2v) is 1.36. The van der Waals surface area contributed by atoms with Gasteiger partial charge >= 0.3 is 0 Å². The summed E-state index contributed by atoms with van der Waals surface area (Å²) >= 11 is 0. The van der Waals surface area contributed by atoms with Gasteiger partial charge in [0.2, 0.25) is 0 Å². The van der Waals surface area contributed by atoms with E-state index in [0.717, 1.165) is 0 Å². The van der Waals surface area contributed by atoms with E-state index < -0.39 is 0 Å². The maximum atomic E-state index is 8.39. The second-order valence-electron chi connectivity index (χ2n) is 1.36. The largest absolute Gasteiger partial charge is 0.396 e. The third kappa shape index (κ3) is 10.7. The number of hydrogen-bond acceptors (Lipinski definition) is 2. The first-order valence-electron chi connectivity index (χ1n) is 2.06. The van der Waals surface area contributed by atoms with Crippen molar-refractivity contribution in [3.05, 3.63) is 0 Å². The molecule has 1 atom stereocenters. The van der Waals surface area contributed by atoms with E-state index in [0.29, 0.717) is 6.42 Å². The van der Waals surface area contributed by atoms with Gasteiger partial charge in [0, 0.05) is 25.2 Å². The molecule has 0 aliphatic heterocycles. The molecule has 0 amide bonds. The first kappa shape index (κ1) is 10.5. The minimum absolute atomic E-state index is 0. The van der Waals surface area contributed by atoms with E-state index in [9.17, 15) is 0 Å². The minimum Gasteiger partial charge on any atom is -0.396 e. The van der Waals surface area contributed by atoms with Gasteiger partial charge in [-0.1, -0.05) is 0 Å². The Bertz CT molecular complexity index is 30.9. The average molecular weight is 141 g/mol.